The second-order valence-electron chi connectivity index (χ2n) is 4.77. The summed E-state index contributed by atoms with van der Waals surface area (Å²) < 4.78 is 0. The summed E-state index contributed by atoms with van der Waals surface area (Å²) in [7, 11) is 1.78. The summed E-state index contributed by atoms with van der Waals surface area (Å²) in [6.45, 7) is 5.72. The second-order valence-corrected chi connectivity index (χ2v) is 6.02. The van der Waals surface area contributed by atoms with Gasteiger partial charge in [0.05, 0.1) is 18.8 Å². The van der Waals surface area contributed by atoms with Crippen LogP contribution in [0.3, 0.4) is 0 Å². The zero-order chi connectivity index (χ0) is 15.1. The summed E-state index contributed by atoms with van der Waals surface area (Å²) in [5, 5.41) is 6.63. The van der Waals surface area contributed by atoms with Gasteiger partial charge in [0.15, 0.2) is 5.96 Å². The van der Waals surface area contributed by atoms with Gasteiger partial charge in [-0.25, -0.2) is 0 Å². The molecular weight excluding hydrogens is 407 g/mol. The van der Waals surface area contributed by atoms with Gasteiger partial charge in [-0.05, 0) is 37.1 Å². The molecule has 2 heterocycles. The number of thiophene rings is 1. The van der Waals surface area contributed by atoms with E-state index in [-0.39, 0.29) is 24.0 Å². The normalized spacial score (nSPS) is 11.0. The number of hydrogen-bond acceptors (Lipinski definition) is 3. The first kappa shape index (κ1) is 18.9. The molecule has 4 nitrogen and oxygen atoms in total. The van der Waals surface area contributed by atoms with Crippen molar-refractivity contribution in [3.05, 3.63) is 51.5 Å². The number of aliphatic imine (C=N–C) groups is 1. The van der Waals surface area contributed by atoms with Crippen molar-refractivity contribution in [2.45, 2.75) is 33.4 Å². The number of halogens is 1. The lowest BCUT2D eigenvalue weighted by Gasteiger charge is -2.11. The Balaban J connectivity index is 0.00000242. The molecule has 22 heavy (non-hydrogen) atoms. The van der Waals surface area contributed by atoms with Crippen molar-refractivity contribution in [1.82, 2.24) is 15.6 Å². The van der Waals surface area contributed by atoms with Gasteiger partial charge in [0, 0.05) is 23.0 Å². The van der Waals surface area contributed by atoms with Crippen molar-refractivity contribution < 1.29 is 0 Å². The first-order chi connectivity index (χ1) is 10.2. The number of pyridine rings is 1. The van der Waals surface area contributed by atoms with Gasteiger partial charge in [0.25, 0.3) is 0 Å². The Morgan fingerprint density at radius 1 is 1.18 bits per heavy atom. The predicted molar refractivity (Wildman–Crippen MR) is 105 cm³/mol. The molecule has 2 aromatic rings. The molecule has 2 aromatic heterocycles. The average Bonchev–Trinajstić information content (AvgIpc) is 2.97. The molecule has 0 aliphatic heterocycles. The maximum absolute atomic E-state index is 4.37. The van der Waals surface area contributed by atoms with Gasteiger partial charge < -0.3 is 10.6 Å². The van der Waals surface area contributed by atoms with Crippen LogP contribution in [0.4, 0.5) is 0 Å². The lowest BCUT2D eigenvalue weighted by molar-refractivity contribution is 0.794. The van der Waals surface area contributed by atoms with Crippen LogP contribution in [0.1, 0.15) is 27.9 Å². The minimum absolute atomic E-state index is 0. The maximum atomic E-state index is 4.37. The van der Waals surface area contributed by atoms with E-state index in [1.54, 1.807) is 7.05 Å². The standard InChI is InChI=1S/C16H22N4S.HI/c1-4-13-7-8-14(21-13)10-19-16(17-3)20-11-15-12(2)6-5-9-18-15;/h5-9H,4,10-11H2,1-3H3,(H2,17,19,20);1H. The van der Waals surface area contributed by atoms with Crippen LogP contribution in [0.15, 0.2) is 35.5 Å². The molecular formula is C16H23IN4S. The van der Waals surface area contributed by atoms with Crippen molar-refractivity contribution in [1.29, 1.82) is 0 Å². The van der Waals surface area contributed by atoms with Crippen LogP contribution in [0.25, 0.3) is 0 Å². The third-order valence-electron chi connectivity index (χ3n) is 3.26. The zero-order valence-corrected chi connectivity index (χ0v) is 16.4. The summed E-state index contributed by atoms with van der Waals surface area (Å²) in [6, 6.07) is 8.38. The second kappa shape index (κ2) is 9.78. The minimum atomic E-state index is 0. The van der Waals surface area contributed by atoms with Crippen molar-refractivity contribution in [3.63, 3.8) is 0 Å². The fourth-order valence-corrected chi connectivity index (χ4v) is 2.87. The summed E-state index contributed by atoms with van der Waals surface area (Å²) in [5.41, 5.74) is 2.23. The fourth-order valence-electron chi connectivity index (χ4n) is 1.97. The van der Waals surface area contributed by atoms with Crippen LogP contribution in [0.5, 0.6) is 0 Å². The number of aryl methyl sites for hydroxylation is 2. The largest absolute Gasteiger partial charge is 0.352 e. The van der Waals surface area contributed by atoms with Gasteiger partial charge >= 0.3 is 0 Å². The Morgan fingerprint density at radius 3 is 2.55 bits per heavy atom. The lowest BCUT2D eigenvalue weighted by atomic mass is 10.2. The highest BCUT2D eigenvalue weighted by Gasteiger charge is 2.03. The highest BCUT2D eigenvalue weighted by atomic mass is 127. The van der Waals surface area contributed by atoms with Gasteiger partial charge in [-0.2, -0.15) is 0 Å². The number of rotatable bonds is 5. The van der Waals surface area contributed by atoms with E-state index in [9.17, 15) is 0 Å². The first-order valence-corrected chi connectivity index (χ1v) is 7.97. The molecule has 0 aliphatic rings. The van der Waals surface area contributed by atoms with Gasteiger partial charge in [0.1, 0.15) is 0 Å². The Hall–Kier alpha value is -1.15. The predicted octanol–water partition coefficient (Wildman–Crippen LogP) is 3.50. The molecule has 0 aliphatic carbocycles. The quantitative estimate of drug-likeness (QED) is 0.434. The van der Waals surface area contributed by atoms with Gasteiger partial charge in [-0.3, -0.25) is 9.98 Å². The SMILES string of the molecule is CCc1ccc(CNC(=NC)NCc2ncccc2C)s1.I. The van der Waals surface area contributed by atoms with E-state index >= 15 is 0 Å². The highest BCUT2D eigenvalue weighted by Crippen LogP contribution is 2.16. The van der Waals surface area contributed by atoms with E-state index in [1.165, 1.54) is 15.3 Å². The molecule has 0 radical (unpaired) electrons. The number of nitrogens with one attached hydrogen (secondary N) is 2. The third kappa shape index (κ3) is 5.57. The molecule has 0 atom stereocenters. The first-order valence-electron chi connectivity index (χ1n) is 7.15. The summed E-state index contributed by atoms with van der Waals surface area (Å²) in [6.07, 6.45) is 2.91. The molecule has 0 saturated carbocycles. The molecule has 0 fully saturated rings. The molecule has 0 saturated heterocycles. The van der Waals surface area contributed by atoms with Gasteiger partial charge in [-0.15, -0.1) is 35.3 Å². The van der Waals surface area contributed by atoms with E-state index in [0.29, 0.717) is 6.54 Å². The molecule has 2 rings (SSSR count). The Labute approximate surface area is 153 Å². The van der Waals surface area contributed by atoms with Crippen molar-refractivity contribution in [2.24, 2.45) is 4.99 Å². The number of hydrogen-bond donors (Lipinski definition) is 2. The molecule has 0 aromatic carbocycles. The van der Waals surface area contributed by atoms with Crippen LogP contribution in [0.2, 0.25) is 0 Å². The molecule has 0 bridgehead atoms. The van der Waals surface area contributed by atoms with E-state index in [4.69, 9.17) is 0 Å². The topological polar surface area (TPSA) is 49.3 Å². The molecule has 0 amide bonds. The monoisotopic (exact) mass is 430 g/mol. The van der Waals surface area contributed by atoms with Crippen LogP contribution in [-0.2, 0) is 19.5 Å². The Kier molecular flexibility index (Phi) is 8.40. The molecule has 0 unspecified atom stereocenters. The van der Waals surface area contributed by atoms with Crippen LogP contribution in [-0.4, -0.2) is 18.0 Å². The molecule has 6 heteroatoms. The van der Waals surface area contributed by atoms with Crippen molar-refractivity contribution in [3.8, 4) is 0 Å². The van der Waals surface area contributed by atoms with Crippen molar-refractivity contribution in [2.75, 3.05) is 7.05 Å². The Bertz CT molecular complexity index is 610. The average molecular weight is 430 g/mol. The highest BCUT2D eigenvalue weighted by molar-refractivity contribution is 14.0. The minimum Gasteiger partial charge on any atom is -0.352 e. The Morgan fingerprint density at radius 2 is 1.91 bits per heavy atom. The van der Waals surface area contributed by atoms with Crippen LogP contribution >= 0.6 is 35.3 Å². The molecule has 0 spiro atoms. The summed E-state index contributed by atoms with van der Waals surface area (Å²) >= 11 is 1.84. The van der Waals surface area contributed by atoms with Crippen molar-refractivity contribution >= 4 is 41.3 Å². The number of nitrogens with zero attached hydrogens (tertiary/aromatic N) is 2. The molecule has 2 N–H and O–H groups in total. The summed E-state index contributed by atoms with van der Waals surface area (Å²) in [4.78, 5) is 11.4. The van der Waals surface area contributed by atoms with E-state index in [0.717, 1.165) is 24.6 Å². The van der Waals surface area contributed by atoms with Crippen LogP contribution < -0.4 is 10.6 Å². The van der Waals surface area contributed by atoms with Gasteiger partial charge in [0.2, 0.25) is 0 Å². The van der Waals surface area contributed by atoms with E-state index in [2.05, 4.69) is 52.7 Å². The number of guanidine groups is 1. The zero-order valence-electron chi connectivity index (χ0n) is 13.2. The van der Waals surface area contributed by atoms with Gasteiger partial charge in [-0.1, -0.05) is 13.0 Å². The lowest BCUT2D eigenvalue weighted by Crippen LogP contribution is -2.36. The number of aromatic nitrogens is 1. The third-order valence-corrected chi connectivity index (χ3v) is 4.49. The maximum Gasteiger partial charge on any atom is 0.191 e. The van der Waals surface area contributed by atoms with E-state index in [1.807, 2.05) is 23.6 Å². The van der Waals surface area contributed by atoms with E-state index < -0.39 is 0 Å². The van der Waals surface area contributed by atoms with Crippen LogP contribution in [0, 0.1) is 6.92 Å². The smallest absolute Gasteiger partial charge is 0.191 e. The fraction of sp³-hybridized carbons (Fsp3) is 0.375. The molecule has 120 valence electrons. The summed E-state index contributed by atoms with van der Waals surface area (Å²) in [5.74, 6) is 0.798.